The summed E-state index contributed by atoms with van der Waals surface area (Å²) in [6.45, 7) is 0. The molecule has 0 unspecified atom stereocenters. The molecule has 2 aromatic rings. The molecule has 0 aromatic heterocycles. The van der Waals surface area contributed by atoms with Gasteiger partial charge in [-0.15, -0.1) is 0 Å². The molecule has 2 rings (SSSR count). The highest BCUT2D eigenvalue weighted by molar-refractivity contribution is 6.07. The zero-order valence-electron chi connectivity index (χ0n) is 12.4. The molecule has 22 heavy (non-hydrogen) atoms. The van der Waals surface area contributed by atoms with Crippen LogP contribution in [0.5, 0.6) is 5.75 Å². The first-order chi connectivity index (χ1) is 10.7. The number of esters is 1. The van der Waals surface area contributed by atoms with Crippen LogP contribution in [0, 0.1) is 0 Å². The number of rotatable bonds is 5. The van der Waals surface area contributed by atoms with Gasteiger partial charge in [0.05, 0.1) is 19.8 Å². The number of benzene rings is 2. The van der Waals surface area contributed by atoms with Crippen molar-refractivity contribution in [2.24, 2.45) is 0 Å². The summed E-state index contributed by atoms with van der Waals surface area (Å²) in [7, 11) is 2.87. The van der Waals surface area contributed by atoms with Gasteiger partial charge >= 0.3 is 5.97 Å². The second-order valence-corrected chi connectivity index (χ2v) is 4.51. The second kappa shape index (κ2) is 7.22. The standard InChI is InChI=1S/C18H16O4/c1-21-15-8-5-7-14(12-15)17(19)11-10-13-6-3-4-9-16(13)18(20)22-2/h3-12H,1-2H3/b11-10+. The van der Waals surface area contributed by atoms with Gasteiger partial charge in [-0.2, -0.15) is 0 Å². The molecule has 0 bridgehead atoms. The van der Waals surface area contributed by atoms with Crippen LogP contribution in [0.2, 0.25) is 0 Å². The van der Waals surface area contributed by atoms with Crippen molar-refractivity contribution in [3.63, 3.8) is 0 Å². The number of hydrogen-bond donors (Lipinski definition) is 0. The normalized spacial score (nSPS) is 10.5. The number of allylic oxidation sites excluding steroid dienone is 1. The van der Waals surface area contributed by atoms with Crippen LogP contribution in [0.4, 0.5) is 0 Å². The van der Waals surface area contributed by atoms with Gasteiger partial charge < -0.3 is 9.47 Å². The SMILES string of the molecule is COC(=O)c1ccccc1/C=C/C(=O)c1cccc(OC)c1. The molecule has 4 heteroatoms. The Morgan fingerprint density at radius 1 is 1.00 bits per heavy atom. The lowest BCUT2D eigenvalue weighted by Crippen LogP contribution is -2.03. The fourth-order valence-corrected chi connectivity index (χ4v) is 1.98. The number of hydrogen-bond acceptors (Lipinski definition) is 4. The Hall–Kier alpha value is -2.88. The van der Waals surface area contributed by atoms with Gasteiger partial charge in [-0.1, -0.05) is 36.4 Å². The van der Waals surface area contributed by atoms with Gasteiger partial charge in [-0.25, -0.2) is 4.79 Å². The van der Waals surface area contributed by atoms with E-state index >= 15 is 0 Å². The third-order valence-electron chi connectivity index (χ3n) is 3.13. The molecule has 0 aliphatic heterocycles. The van der Waals surface area contributed by atoms with Gasteiger partial charge in [0.2, 0.25) is 0 Å². The third-order valence-corrected chi connectivity index (χ3v) is 3.13. The lowest BCUT2D eigenvalue weighted by atomic mass is 10.0. The fourth-order valence-electron chi connectivity index (χ4n) is 1.98. The highest BCUT2D eigenvalue weighted by Gasteiger charge is 2.09. The van der Waals surface area contributed by atoms with Crippen LogP contribution in [0.15, 0.2) is 54.6 Å². The van der Waals surface area contributed by atoms with Crippen LogP contribution < -0.4 is 4.74 Å². The third kappa shape index (κ3) is 3.61. The van der Waals surface area contributed by atoms with E-state index in [0.29, 0.717) is 22.4 Å². The van der Waals surface area contributed by atoms with Crippen LogP contribution in [0.1, 0.15) is 26.3 Å². The molecule has 0 spiro atoms. The zero-order chi connectivity index (χ0) is 15.9. The lowest BCUT2D eigenvalue weighted by Gasteiger charge is -2.03. The first-order valence-electron chi connectivity index (χ1n) is 6.69. The van der Waals surface area contributed by atoms with Crippen LogP contribution in [0.3, 0.4) is 0 Å². The summed E-state index contributed by atoms with van der Waals surface area (Å²) in [5.74, 6) is 0.0156. The van der Waals surface area contributed by atoms with Crippen molar-refractivity contribution in [3.8, 4) is 5.75 Å². The van der Waals surface area contributed by atoms with Crippen molar-refractivity contribution in [2.75, 3.05) is 14.2 Å². The summed E-state index contributed by atoms with van der Waals surface area (Å²) in [6.07, 6.45) is 3.03. The Morgan fingerprint density at radius 2 is 1.77 bits per heavy atom. The molecule has 0 amide bonds. The molecule has 0 aliphatic rings. The topological polar surface area (TPSA) is 52.6 Å². The quantitative estimate of drug-likeness (QED) is 0.482. The summed E-state index contributed by atoms with van der Waals surface area (Å²) >= 11 is 0. The van der Waals surface area contributed by atoms with E-state index in [1.54, 1.807) is 61.7 Å². The van der Waals surface area contributed by atoms with Gasteiger partial charge in [0, 0.05) is 5.56 Å². The first-order valence-corrected chi connectivity index (χ1v) is 6.69. The molecule has 0 aliphatic carbocycles. The number of methoxy groups -OCH3 is 2. The van der Waals surface area contributed by atoms with Gasteiger partial charge in [-0.05, 0) is 29.8 Å². The Balaban J connectivity index is 2.25. The van der Waals surface area contributed by atoms with E-state index in [0.717, 1.165) is 0 Å². The van der Waals surface area contributed by atoms with Crippen LogP contribution >= 0.6 is 0 Å². The molecular weight excluding hydrogens is 280 g/mol. The molecule has 0 fully saturated rings. The summed E-state index contributed by atoms with van der Waals surface area (Å²) < 4.78 is 9.82. The van der Waals surface area contributed by atoms with E-state index in [2.05, 4.69) is 0 Å². The Morgan fingerprint density at radius 3 is 2.50 bits per heavy atom. The van der Waals surface area contributed by atoms with Crippen molar-refractivity contribution in [2.45, 2.75) is 0 Å². The van der Waals surface area contributed by atoms with E-state index in [-0.39, 0.29) is 5.78 Å². The predicted molar refractivity (Wildman–Crippen MR) is 84.1 cm³/mol. The predicted octanol–water partition coefficient (Wildman–Crippen LogP) is 3.38. The average molecular weight is 296 g/mol. The smallest absolute Gasteiger partial charge is 0.338 e. The molecule has 0 heterocycles. The Labute approximate surface area is 129 Å². The van der Waals surface area contributed by atoms with E-state index in [1.165, 1.54) is 13.2 Å². The van der Waals surface area contributed by atoms with Crippen molar-refractivity contribution in [1.82, 2.24) is 0 Å². The molecular formula is C18H16O4. The van der Waals surface area contributed by atoms with Crippen LogP contribution in [0.25, 0.3) is 6.08 Å². The van der Waals surface area contributed by atoms with Crippen molar-refractivity contribution in [3.05, 3.63) is 71.3 Å². The minimum absolute atomic E-state index is 0.168. The highest BCUT2D eigenvalue weighted by Crippen LogP contribution is 2.15. The van der Waals surface area contributed by atoms with E-state index in [4.69, 9.17) is 9.47 Å². The molecule has 2 aromatic carbocycles. The van der Waals surface area contributed by atoms with Gasteiger partial charge in [-0.3, -0.25) is 4.79 Å². The summed E-state index contributed by atoms with van der Waals surface area (Å²) in [6, 6.07) is 13.8. The number of ketones is 1. The van der Waals surface area contributed by atoms with Crippen molar-refractivity contribution >= 4 is 17.8 Å². The molecule has 0 atom stereocenters. The van der Waals surface area contributed by atoms with Gasteiger partial charge in [0.1, 0.15) is 5.75 Å². The lowest BCUT2D eigenvalue weighted by molar-refractivity contribution is 0.0600. The molecule has 112 valence electrons. The second-order valence-electron chi connectivity index (χ2n) is 4.51. The van der Waals surface area contributed by atoms with Gasteiger partial charge in [0.15, 0.2) is 5.78 Å². The minimum Gasteiger partial charge on any atom is -0.497 e. The highest BCUT2D eigenvalue weighted by atomic mass is 16.5. The maximum Gasteiger partial charge on any atom is 0.338 e. The Kier molecular flexibility index (Phi) is 5.09. The zero-order valence-corrected chi connectivity index (χ0v) is 12.4. The monoisotopic (exact) mass is 296 g/mol. The molecule has 0 N–H and O–H groups in total. The minimum atomic E-state index is -0.436. The summed E-state index contributed by atoms with van der Waals surface area (Å²) in [4.78, 5) is 23.9. The van der Waals surface area contributed by atoms with E-state index in [1.807, 2.05) is 0 Å². The molecule has 0 radical (unpaired) electrons. The van der Waals surface area contributed by atoms with E-state index in [9.17, 15) is 9.59 Å². The number of carbonyl (C=O) groups excluding carboxylic acids is 2. The molecule has 0 saturated heterocycles. The van der Waals surface area contributed by atoms with Crippen molar-refractivity contribution < 1.29 is 19.1 Å². The summed E-state index contributed by atoms with van der Waals surface area (Å²) in [5, 5.41) is 0. The number of ether oxygens (including phenoxy) is 2. The van der Waals surface area contributed by atoms with Crippen LogP contribution in [-0.2, 0) is 4.74 Å². The first kappa shape index (κ1) is 15.5. The van der Waals surface area contributed by atoms with Crippen molar-refractivity contribution in [1.29, 1.82) is 0 Å². The summed E-state index contributed by atoms with van der Waals surface area (Å²) in [5.41, 5.74) is 1.57. The largest absolute Gasteiger partial charge is 0.497 e. The number of carbonyl (C=O) groups is 2. The molecule has 4 nitrogen and oxygen atoms in total. The van der Waals surface area contributed by atoms with Gasteiger partial charge in [0.25, 0.3) is 0 Å². The average Bonchev–Trinajstić information content (AvgIpc) is 2.59. The fraction of sp³-hybridized carbons (Fsp3) is 0.111. The maximum atomic E-state index is 12.2. The Bertz CT molecular complexity index is 717. The molecule has 0 saturated carbocycles. The maximum absolute atomic E-state index is 12.2. The van der Waals surface area contributed by atoms with E-state index < -0.39 is 5.97 Å². The van der Waals surface area contributed by atoms with Crippen LogP contribution in [-0.4, -0.2) is 26.0 Å².